The maximum atomic E-state index is 13.9. The van der Waals surface area contributed by atoms with Crippen LogP contribution in [0.5, 0.6) is 5.75 Å². The van der Waals surface area contributed by atoms with Gasteiger partial charge in [-0.15, -0.1) is 0 Å². The molecule has 0 amide bonds. The summed E-state index contributed by atoms with van der Waals surface area (Å²) in [5, 5.41) is 1.89. The number of hydrogen-bond acceptors (Lipinski definition) is 1. The Balaban J connectivity index is 2.24. The zero-order chi connectivity index (χ0) is 15.9. The van der Waals surface area contributed by atoms with E-state index in [2.05, 4.69) is 20.8 Å². The van der Waals surface area contributed by atoms with E-state index in [1.165, 1.54) is 17.7 Å². The van der Waals surface area contributed by atoms with Crippen molar-refractivity contribution in [2.45, 2.75) is 32.8 Å². The molecule has 0 atom stereocenters. The average molecular weight is 300 g/mol. The fraction of sp³-hybridized carbons (Fsp3) is 0.263. The predicted molar refractivity (Wildman–Crippen MR) is 84.0 cm³/mol. The molecule has 3 rings (SSSR count). The zero-order valence-corrected chi connectivity index (χ0v) is 12.9. The van der Waals surface area contributed by atoms with E-state index in [1.807, 2.05) is 18.2 Å². The van der Waals surface area contributed by atoms with Crippen molar-refractivity contribution in [1.82, 2.24) is 0 Å². The van der Waals surface area contributed by atoms with Crippen molar-refractivity contribution >= 4 is 11.6 Å². The topological polar surface area (TPSA) is 9.23 Å². The summed E-state index contributed by atoms with van der Waals surface area (Å²) in [4.78, 5) is 0. The number of halogens is 2. The third-order valence-electron chi connectivity index (χ3n) is 3.84. The van der Waals surface area contributed by atoms with Crippen molar-refractivity contribution in [3.8, 4) is 5.75 Å². The Morgan fingerprint density at radius 3 is 2.64 bits per heavy atom. The molecular formula is C19H18F2O. The molecule has 0 radical (unpaired) electrons. The Kier molecular flexibility index (Phi) is 3.51. The van der Waals surface area contributed by atoms with Crippen molar-refractivity contribution in [2.75, 3.05) is 0 Å². The van der Waals surface area contributed by atoms with E-state index in [0.29, 0.717) is 5.56 Å². The second kappa shape index (κ2) is 5.24. The number of fused-ring (bicyclic) bond motifs is 1. The summed E-state index contributed by atoms with van der Waals surface area (Å²) >= 11 is 0. The first-order valence-electron chi connectivity index (χ1n) is 7.30. The molecule has 0 aliphatic carbocycles. The van der Waals surface area contributed by atoms with E-state index >= 15 is 0 Å². The first-order chi connectivity index (χ1) is 10.4. The van der Waals surface area contributed by atoms with Crippen LogP contribution in [-0.4, -0.2) is 5.60 Å². The molecule has 22 heavy (non-hydrogen) atoms. The molecule has 0 N–H and O–H groups in total. The minimum atomic E-state index is -0.572. The summed E-state index contributed by atoms with van der Waals surface area (Å²) in [6, 6.07) is 9.36. The van der Waals surface area contributed by atoms with Gasteiger partial charge in [-0.25, -0.2) is 8.78 Å². The monoisotopic (exact) mass is 300 g/mol. The standard InChI is InChI=1S/C19H18F2O/c1-12-11-19(2,3)22-17-6-4-5-14(18(12)17)9-13-7-8-15(20)10-16(13)21/h4-10H,11H2,1-3H3/b14-9-. The van der Waals surface area contributed by atoms with Crippen LogP contribution in [0.3, 0.4) is 0 Å². The molecule has 0 fully saturated rings. The third kappa shape index (κ3) is 2.76. The molecule has 0 unspecified atom stereocenters. The van der Waals surface area contributed by atoms with Gasteiger partial charge < -0.3 is 4.74 Å². The molecule has 1 aliphatic heterocycles. The van der Waals surface area contributed by atoms with Gasteiger partial charge in [0.05, 0.1) is 0 Å². The van der Waals surface area contributed by atoms with Gasteiger partial charge >= 0.3 is 0 Å². The summed E-state index contributed by atoms with van der Waals surface area (Å²) in [5.41, 5.74) is 1.34. The van der Waals surface area contributed by atoms with Crippen LogP contribution in [-0.2, 0) is 0 Å². The summed E-state index contributed by atoms with van der Waals surface area (Å²) in [7, 11) is 0. The average Bonchev–Trinajstić information content (AvgIpc) is 2.40. The Bertz CT molecular complexity index is 850. The Morgan fingerprint density at radius 1 is 1.14 bits per heavy atom. The van der Waals surface area contributed by atoms with Crippen LogP contribution >= 0.6 is 0 Å². The van der Waals surface area contributed by atoms with Crippen LogP contribution in [0.15, 0.2) is 36.4 Å². The van der Waals surface area contributed by atoms with Crippen LogP contribution < -0.4 is 15.2 Å². The minimum Gasteiger partial charge on any atom is -0.487 e. The fourth-order valence-electron chi connectivity index (χ4n) is 3.06. The van der Waals surface area contributed by atoms with Gasteiger partial charge in [0.2, 0.25) is 0 Å². The number of hydrogen-bond donors (Lipinski definition) is 0. The smallest absolute Gasteiger partial charge is 0.133 e. The molecule has 0 saturated heterocycles. The quantitative estimate of drug-likeness (QED) is 0.783. The lowest BCUT2D eigenvalue weighted by molar-refractivity contribution is 0.107. The fourth-order valence-corrected chi connectivity index (χ4v) is 3.06. The maximum absolute atomic E-state index is 13.9. The van der Waals surface area contributed by atoms with Crippen molar-refractivity contribution in [2.24, 2.45) is 0 Å². The van der Waals surface area contributed by atoms with Gasteiger partial charge in [-0.2, -0.15) is 0 Å². The predicted octanol–water partition coefficient (Wildman–Crippen LogP) is 3.53. The van der Waals surface area contributed by atoms with Crippen molar-refractivity contribution in [3.63, 3.8) is 0 Å². The summed E-state index contributed by atoms with van der Waals surface area (Å²) < 4.78 is 32.9. The zero-order valence-electron chi connectivity index (χ0n) is 12.9. The normalized spacial score (nSPS) is 17.1. The lowest BCUT2D eigenvalue weighted by Crippen LogP contribution is -2.41. The highest BCUT2D eigenvalue weighted by atomic mass is 19.1. The molecular weight excluding hydrogens is 282 g/mol. The van der Waals surface area contributed by atoms with Crippen molar-refractivity contribution < 1.29 is 13.5 Å². The molecule has 114 valence electrons. The minimum absolute atomic E-state index is 0.239. The second-order valence-corrected chi connectivity index (χ2v) is 6.35. The largest absolute Gasteiger partial charge is 0.487 e. The van der Waals surface area contributed by atoms with Gasteiger partial charge in [0, 0.05) is 23.3 Å². The van der Waals surface area contributed by atoms with Crippen LogP contribution in [0, 0.1) is 11.6 Å². The van der Waals surface area contributed by atoms with Gasteiger partial charge in [-0.05, 0) is 50.3 Å². The van der Waals surface area contributed by atoms with E-state index in [9.17, 15) is 8.78 Å². The summed E-state index contributed by atoms with van der Waals surface area (Å²) in [6.07, 6.45) is 2.55. The number of ether oxygens (including phenoxy) is 1. The highest BCUT2D eigenvalue weighted by molar-refractivity contribution is 5.57. The van der Waals surface area contributed by atoms with Crippen LogP contribution in [0.4, 0.5) is 8.78 Å². The van der Waals surface area contributed by atoms with Gasteiger partial charge in [-0.3, -0.25) is 0 Å². The first-order valence-corrected chi connectivity index (χ1v) is 7.30. The van der Waals surface area contributed by atoms with E-state index < -0.39 is 11.6 Å². The Hall–Kier alpha value is -2.16. The van der Waals surface area contributed by atoms with E-state index in [4.69, 9.17) is 4.74 Å². The van der Waals surface area contributed by atoms with Gasteiger partial charge in [0.15, 0.2) is 0 Å². The molecule has 1 nitrogen and oxygen atoms in total. The molecule has 0 saturated carbocycles. The van der Waals surface area contributed by atoms with Gasteiger partial charge in [-0.1, -0.05) is 17.7 Å². The molecule has 3 heteroatoms. The number of benzene rings is 2. The lowest BCUT2D eigenvalue weighted by Gasteiger charge is -2.31. The van der Waals surface area contributed by atoms with Crippen LogP contribution in [0.2, 0.25) is 0 Å². The highest BCUT2D eigenvalue weighted by Crippen LogP contribution is 2.26. The van der Waals surface area contributed by atoms with E-state index in [0.717, 1.165) is 28.7 Å². The highest BCUT2D eigenvalue weighted by Gasteiger charge is 2.25. The second-order valence-electron chi connectivity index (χ2n) is 6.35. The number of rotatable bonds is 1. The van der Waals surface area contributed by atoms with E-state index in [1.54, 1.807) is 6.08 Å². The summed E-state index contributed by atoms with van der Waals surface area (Å²) in [5.74, 6) is -0.324. The molecule has 0 spiro atoms. The Morgan fingerprint density at radius 2 is 1.91 bits per heavy atom. The molecule has 1 heterocycles. The van der Waals surface area contributed by atoms with Crippen LogP contribution in [0.1, 0.15) is 32.8 Å². The summed E-state index contributed by atoms with van der Waals surface area (Å²) in [6.45, 7) is 6.17. The molecule has 2 aromatic rings. The molecule has 1 aliphatic rings. The SMILES string of the molecule is CC1=c2c(ccc/c2=C/c2ccc(F)cc2F)OC(C)(C)C1. The first kappa shape index (κ1) is 14.8. The Labute approximate surface area is 128 Å². The molecule has 0 aromatic heterocycles. The van der Waals surface area contributed by atoms with E-state index in [-0.39, 0.29) is 5.60 Å². The van der Waals surface area contributed by atoms with Gasteiger partial charge in [0.1, 0.15) is 23.0 Å². The van der Waals surface area contributed by atoms with Crippen molar-refractivity contribution in [3.05, 3.63) is 64.0 Å². The molecule has 2 aromatic carbocycles. The van der Waals surface area contributed by atoms with Crippen LogP contribution in [0.25, 0.3) is 11.6 Å². The maximum Gasteiger partial charge on any atom is 0.133 e. The van der Waals surface area contributed by atoms with Gasteiger partial charge in [0.25, 0.3) is 0 Å². The lowest BCUT2D eigenvalue weighted by atomic mass is 9.93. The van der Waals surface area contributed by atoms with Crippen molar-refractivity contribution in [1.29, 1.82) is 0 Å². The third-order valence-corrected chi connectivity index (χ3v) is 3.84. The molecule has 0 bridgehead atoms.